The first-order chi connectivity index (χ1) is 16.4. The summed E-state index contributed by atoms with van der Waals surface area (Å²) in [6.07, 6.45) is 9.04. The molecular formula is C29H37F3O2. The van der Waals surface area contributed by atoms with Crippen molar-refractivity contribution in [1.29, 1.82) is 0 Å². The van der Waals surface area contributed by atoms with Crippen molar-refractivity contribution in [2.24, 2.45) is 5.92 Å². The summed E-state index contributed by atoms with van der Waals surface area (Å²) in [4.78, 5) is 0. The molecule has 1 N–H and O–H groups in total. The molecule has 0 heterocycles. The number of benzene rings is 2. The van der Waals surface area contributed by atoms with Crippen LogP contribution in [-0.2, 0) is 6.42 Å². The van der Waals surface area contributed by atoms with E-state index in [0.717, 1.165) is 44.9 Å². The SMILES string of the molecule is C=CCCCOc1ccc(C2CCC(CCc3ccc(C(O)CCC)cc3F)CC2)c(F)c1F. The van der Waals surface area contributed by atoms with Crippen LogP contribution in [-0.4, -0.2) is 11.7 Å². The third-order valence-corrected chi connectivity index (χ3v) is 7.02. The summed E-state index contributed by atoms with van der Waals surface area (Å²) in [5, 5.41) is 10.1. The van der Waals surface area contributed by atoms with E-state index >= 15 is 0 Å². The highest BCUT2D eigenvalue weighted by Gasteiger charge is 2.27. The van der Waals surface area contributed by atoms with E-state index < -0.39 is 17.7 Å². The van der Waals surface area contributed by atoms with Gasteiger partial charge in [0.05, 0.1) is 12.7 Å². The Bertz CT molecular complexity index is 935. The Morgan fingerprint density at radius 2 is 1.85 bits per heavy atom. The highest BCUT2D eigenvalue weighted by atomic mass is 19.2. The second-order valence-electron chi connectivity index (χ2n) is 9.47. The predicted molar refractivity (Wildman–Crippen MR) is 131 cm³/mol. The Morgan fingerprint density at radius 3 is 2.53 bits per heavy atom. The molecule has 1 aliphatic rings. The summed E-state index contributed by atoms with van der Waals surface area (Å²) in [7, 11) is 0. The number of hydrogen-bond acceptors (Lipinski definition) is 2. The first kappa shape index (κ1) is 26.3. The number of hydrogen-bond donors (Lipinski definition) is 1. The number of aryl methyl sites for hydroxylation is 1. The number of allylic oxidation sites excluding steroid dienone is 1. The smallest absolute Gasteiger partial charge is 0.200 e. The van der Waals surface area contributed by atoms with Crippen molar-refractivity contribution >= 4 is 0 Å². The van der Waals surface area contributed by atoms with Crippen molar-refractivity contribution in [2.45, 2.75) is 83.2 Å². The lowest BCUT2D eigenvalue weighted by atomic mass is 9.76. The summed E-state index contributed by atoms with van der Waals surface area (Å²) < 4.78 is 49.1. The molecule has 1 fully saturated rings. The van der Waals surface area contributed by atoms with Crippen molar-refractivity contribution in [1.82, 2.24) is 0 Å². The lowest BCUT2D eigenvalue weighted by molar-refractivity contribution is 0.166. The number of aliphatic hydroxyl groups excluding tert-OH is 1. The number of aliphatic hydroxyl groups is 1. The molecule has 1 aliphatic carbocycles. The molecule has 1 atom stereocenters. The fourth-order valence-corrected chi connectivity index (χ4v) is 4.92. The molecule has 34 heavy (non-hydrogen) atoms. The molecule has 5 heteroatoms. The summed E-state index contributed by atoms with van der Waals surface area (Å²) in [5.74, 6) is -1.55. The fraction of sp³-hybridized carbons (Fsp3) is 0.517. The molecule has 0 saturated heterocycles. The summed E-state index contributed by atoms with van der Waals surface area (Å²) in [5.41, 5.74) is 1.74. The van der Waals surface area contributed by atoms with Gasteiger partial charge in [-0.15, -0.1) is 6.58 Å². The van der Waals surface area contributed by atoms with Gasteiger partial charge in [0.25, 0.3) is 0 Å². The second kappa shape index (κ2) is 13.0. The molecule has 0 radical (unpaired) electrons. The van der Waals surface area contributed by atoms with Crippen molar-refractivity contribution in [3.8, 4) is 5.75 Å². The minimum Gasteiger partial charge on any atom is -0.490 e. The lowest BCUT2D eigenvalue weighted by Gasteiger charge is -2.29. The topological polar surface area (TPSA) is 29.5 Å². The van der Waals surface area contributed by atoms with Crippen molar-refractivity contribution in [3.63, 3.8) is 0 Å². The first-order valence-corrected chi connectivity index (χ1v) is 12.6. The quantitative estimate of drug-likeness (QED) is 0.248. The second-order valence-corrected chi connectivity index (χ2v) is 9.47. The van der Waals surface area contributed by atoms with Crippen LogP contribution in [0.4, 0.5) is 13.2 Å². The maximum Gasteiger partial charge on any atom is 0.200 e. The van der Waals surface area contributed by atoms with E-state index in [0.29, 0.717) is 48.5 Å². The number of unbranched alkanes of at least 4 members (excludes halogenated alkanes) is 1. The van der Waals surface area contributed by atoms with E-state index in [1.165, 1.54) is 12.1 Å². The normalized spacial score (nSPS) is 19.1. The fourth-order valence-electron chi connectivity index (χ4n) is 4.92. The van der Waals surface area contributed by atoms with Crippen molar-refractivity contribution < 1.29 is 23.0 Å². The van der Waals surface area contributed by atoms with Gasteiger partial charge in [-0.25, -0.2) is 8.78 Å². The van der Waals surface area contributed by atoms with E-state index in [9.17, 15) is 18.3 Å². The molecule has 2 aromatic rings. The molecule has 0 aromatic heterocycles. The third-order valence-electron chi connectivity index (χ3n) is 7.02. The van der Waals surface area contributed by atoms with Gasteiger partial charge in [0.2, 0.25) is 5.82 Å². The van der Waals surface area contributed by atoms with Gasteiger partial charge in [-0.05, 0) is 98.4 Å². The third kappa shape index (κ3) is 6.88. The molecule has 0 amide bonds. The molecule has 0 spiro atoms. The number of rotatable bonds is 12. The highest BCUT2D eigenvalue weighted by Crippen LogP contribution is 2.40. The zero-order valence-electron chi connectivity index (χ0n) is 20.2. The summed E-state index contributed by atoms with van der Waals surface area (Å²) >= 11 is 0. The molecular weight excluding hydrogens is 437 g/mol. The minimum atomic E-state index is -0.902. The van der Waals surface area contributed by atoms with Gasteiger partial charge in [-0.3, -0.25) is 0 Å². The number of halogens is 3. The van der Waals surface area contributed by atoms with Crippen LogP contribution in [0.1, 0.15) is 93.4 Å². The number of ether oxygens (including phenoxy) is 1. The minimum absolute atomic E-state index is 0.00311. The molecule has 1 saturated carbocycles. The zero-order chi connectivity index (χ0) is 24.5. The Hall–Kier alpha value is -2.27. The van der Waals surface area contributed by atoms with Crippen LogP contribution in [0.5, 0.6) is 5.75 Å². The molecule has 0 bridgehead atoms. The van der Waals surface area contributed by atoms with Crippen LogP contribution in [0.25, 0.3) is 0 Å². The molecule has 2 aromatic carbocycles. The van der Waals surface area contributed by atoms with E-state index in [1.807, 2.05) is 13.0 Å². The van der Waals surface area contributed by atoms with Crippen molar-refractivity contribution in [2.75, 3.05) is 6.61 Å². The summed E-state index contributed by atoms with van der Waals surface area (Å²) in [6.45, 7) is 5.95. The first-order valence-electron chi connectivity index (χ1n) is 12.6. The van der Waals surface area contributed by atoms with Crippen LogP contribution in [0.15, 0.2) is 43.0 Å². The molecule has 2 nitrogen and oxygen atoms in total. The Balaban J connectivity index is 1.51. The zero-order valence-corrected chi connectivity index (χ0v) is 20.2. The van der Waals surface area contributed by atoms with Gasteiger partial charge in [0.15, 0.2) is 11.6 Å². The average Bonchev–Trinajstić information content (AvgIpc) is 2.84. The van der Waals surface area contributed by atoms with Crippen LogP contribution >= 0.6 is 0 Å². The van der Waals surface area contributed by atoms with Crippen LogP contribution in [0.3, 0.4) is 0 Å². The molecule has 1 unspecified atom stereocenters. The standard InChI is InChI=1S/C29H37F3O2/c1-3-5-6-18-34-27-17-16-24(28(31)29(27)32)21-11-8-20(9-12-21)10-13-22-14-15-23(19-25(22)30)26(33)7-4-2/h3,14-17,19-21,26,33H,1,4-13,18H2,2H3. The Morgan fingerprint density at radius 1 is 1.09 bits per heavy atom. The monoisotopic (exact) mass is 474 g/mol. The molecule has 0 aliphatic heterocycles. The van der Waals surface area contributed by atoms with Crippen LogP contribution in [0, 0.1) is 23.4 Å². The van der Waals surface area contributed by atoms with Gasteiger partial charge < -0.3 is 9.84 Å². The molecule has 3 rings (SSSR count). The largest absolute Gasteiger partial charge is 0.490 e. The van der Waals surface area contributed by atoms with Crippen molar-refractivity contribution in [3.05, 3.63) is 77.1 Å². The van der Waals surface area contributed by atoms with Crippen LogP contribution in [0.2, 0.25) is 0 Å². The lowest BCUT2D eigenvalue weighted by Crippen LogP contribution is -2.16. The molecule has 186 valence electrons. The van der Waals surface area contributed by atoms with Gasteiger partial charge in [0, 0.05) is 0 Å². The van der Waals surface area contributed by atoms with E-state index in [-0.39, 0.29) is 17.5 Å². The maximum absolute atomic E-state index is 14.7. The van der Waals surface area contributed by atoms with Crippen LogP contribution < -0.4 is 4.74 Å². The van der Waals surface area contributed by atoms with Gasteiger partial charge in [0.1, 0.15) is 5.82 Å². The predicted octanol–water partition coefficient (Wildman–Crippen LogP) is 8.19. The van der Waals surface area contributed by atoms with E-state index in [4.69, 9.17) is 4.74 Å². The maximum atomic E-state index is 14.7. The van der Waals surface area contributed by atoms with Gasteiger partial charge in [-0.1, -0.05) is 37.6 Å². The highest BCUT2D eigenvalue weighted by molar-refractivity contribution is 5.33. The Labute approximate surface area is 201 Å². The van der Waals surface area contributed by atoms with Gasteiger partial charge >= 0.3 is 0 Å². The Kier molecular flexibility index (Phi) is 10.1. The average molecular weight is 475 g/mol. The van der Waals surface area contributed by atoms with Gasteiger partial charge in [-0.2, -0.15) is 4.39 Å². The van der Waals surface area contributed by atoms with E-state index in [1.54, 1.807) is 18.2 Å². The summed E-state index contributed by atoms with van der Waals surface area (Å²) in [6, 6.07) is 8.26. The van der Waals surface area contributed by atoms with E-state index in [2.05, 4.69) is 6.58 Å².